The van der Waals surface area contributed by atoms with E-state index in [1.54, 1.807) is 19.1 Å². The summed E-state index contributed by atoms with van der Waals surface area (Å²) in [5, 5.41) is 8.25. The molecule has 0 unspecified atom stereocenters. The van der Waals surface area contributed by atoms with Crippen LogP contribution < -0.4 is 16.0 Å². The summed E-state index contributed by atoms with van der Waals surface area (Å²) in [4.78, 5) is 35.5. The van der Waals surface area contributed by atoms with Gasteiger partial charge in [0.1, 0.15) is 6.04 Å². The Balaban J connectivity index is 2.45. The van der Waals surface area contributed by atoms with Gasteiger partial charge in [-0.05, 0) is 25.5 Å². The second-order valence-electron chi connectivity index (χ2n) is 5.19. The number of nitrogens with one attached hydrogen (secondary N) is 3. The predicted molar refractivity (Wildman–Crippen MR) is 94.3 cm³/mol. The van der Waals surface area contributed by atoms with Gasteiger partial charge in [-0.3, -0.25) is 14.4 Å². The maximum Gasteiger partial charge on any atom is 0.253 e. The van der Waals surface area contributed by atoms with Crippen molar-refractivity contribution in [1.82, 2.24) is 16.0 Å². The highest BCUT2D eigenvalue weighted by atomic mass is 35.5. The Kier molecular flexibility index (Phi) is 8.57. The van der Waals surface area contributed by atoms with Gasteiger partial charge in [-0.2, -0.15) is 0 Å². The zero-order valence-corrected chi connectivity index (χ0v) is 15.1. The summed E-state index contributed by atoms with van der Waals surface area (Å²) in [7, 11) is 0. The van der Waals surface area contributed by atoms with Gasteiger partial charge in [0.25, 0.3) is 5.91 Å². The molecule has 132 valence electrons. The Bertz CT molecular complexity index is 608. The highest BCUT2D eigenvalue weighted by Gasteiger charge is 2.19. The number of benzene rings is 1. The third-order valence-corrected chi connectivity index (χ3v) is 3.98. The first-order chi connectivity index (χ1) is 11.4. The molecule has 0 aromatic heterocycles. The van der Waals surface area contributed by atoms with Crippen LogP contribution in [0.5, 0.6) is 0 Å². The third kappa shape index (κ3) is 6.37. The summed E-state index contributed by atoms with van der Waals surface area (Å²) in [5.74, 6) is -1.00. The van der Waals surface area contributed by atoms with Gasteiger partial charge in [-0.15, -0.1) is 0 Å². The Labute approximate surface area is 151 Å². The molecule has 0 aliphatic heterocycles. The summed E-state index contributed by atoms with van der Waals surface area (Å²) in [5.41, 5.74) is 0.197. The van der Waals surface area contributed by atoms with Crippen LogP contribution in [-0.4, -0.2) is 36.9 Å². The standard InChI is InChI=1S/C16H21Cl2N3O3/c1-3-8-19-13(22)7-9-20-15(23)10(2)21-16(24)11-5-4-6-12(17)14(11)18/h4-6,10H,3,7-9H2,1-2H3,(H,19,22)(H,20,23)(H,21,24)/t10-/m0/s1. The Hall–Kier alpha value is -1.79. The van der Waals surface area contributed by atoms with Gasteiger partial charge in [-0.25, -0.2) is 0 Å². The van der Waals surface area contributed by atoms with Gasteiger partial charge < -0.3 is 16.0 Å². The summed E-state index contributed by atoms with van der Waals surface area (Å²) >= 11 is 11.8. The molecule has 0 heterocycles. The number of amides is 3. The predicted octanol–water partition coefficient (Wildman–Crippen LogP) is 2.14. The number of carbonyl (C=O) groups excluding carboxylic acids is 3. The number of halogens is 2. The minimum atomic E-state index is -0.772. The molecule has 0 spiro atoms. The summed E-state index contributed by atoms with van der Waals surface area (Å²) in [6.45, 7) is 4.31. The molecule has 0 bridgehead atoms. The van der Waals surface area contributed by atoms with Crippen molar-refractivity contribution in [3.8, 4) is 0 Å². The Morgan fingerprint density at radius 2 is 1.83 bits per heavy atom. The lowest BCUT2D eigenvalue weighted by molar-refractivity contribution is -0.123. The lowest BCUT2D eigenvalue weighted by Gasteiger charge is -2.15. The highest BCUT2D eigenvalue weighted by molar-refractivity contribution is 6.43. The van der Waals surface area contributed by atoms with Crippen LogP contribution in [0.1, 0.15) is 37.0 Å². The first-order valence-corrected chi connectivity index (χ1v) is 8.41. The van der Waals surface area contributed by atoms with E-state index in [-0.39, 0.29) is 40.4 Å². The fourth-order valence-corrected chi connectivity index (χ4v) is 2.21. The van der Waals surface area contributed by atoms with Crippen molar-refractivity contribution in [3.05, 3.63) is 33.8 Å². The van der Waals surface area contributed by atoms with Crippen LogP contribution in [0.2, 0.25) is 10.0 Å². The van der Waals surface area contributed by atoms with E-state index >= 15 is 0 Å². The number of rotatable bonds is 8. The molecular formula is C16H21Cl2N3O3. The smallest absolute Gasteiger partial charge is 0.253 e. The highest BCUT2D eigenvalue weighted by Crippen LogP contribution is 2.25. The van der Waals surface area contributed by atoms with Gasteiger partial charge in [-0.1, -0.05) is 36.2 Å². The van der Waals surface area contributed by atoms with Crippen LogP contribution in [0.4, 0.5) is 0 Å². The van der Waals surface area contributed by atoms with E-state index in [9.17, 15) is 14.4 Å². The van der Waals surface area contributed by atoms with E-state index in [4.69, 9.17) is 23.2 Å². The van der Waals surface area contributed by atoms with E-state index in [2.05, 4.69) is 16.0 Å². The van der Waals surface area contributed by atoms with Crippen molar-refractivity contribution in [2.45, 2.75) is 32.7 Å². The van der Waals surface area contributed by atoms with Gasteiger partial charge in [0.05, 0.1) is 15.6 Å². The van der Waals surface area contributed by atoms with E-state index < -0.39 is 11.9 Å². The van der Waals surface area contributed by atoms with Crippen LogP contribution in [0, 0.1) is 0 Å². The molecule has 0 fully saturated rings. The molecule has 0 aliphatic carbocycles. The zero-order chi connectivity index (χ0) is 18.1. The average Bonchev–Trinajstić information content (AvgIpc) is 2.55. The van der Waals surface area contributed by atoms with Gasteiger partial charge in [0, 0.05) is 19.5 Å². The molecule has 8 heteroatoms. The molecule has 6 nitrogen and oxygen atoms in total. The van der Waals surface area contributed by atoms with E-state index in [0.717, 1.165) is 6.42 Å². The van der Waals surface area contributed by atoms with Gasteiger partial charge >= 0.3 is 0 Å². The van der Waals surface area contributed by atoms with Crippen molar-refractivity contribution >= 4 is 40.9 Å². The minimum absolute atomic E-state index is 0.125. The first kappa shape index (κ1) is 20.3. The molecule has 1 rings (SSSR count). The molecule has 1 aromatic carbocycles. The molecular weight excluding hydrogens is 353 g/mol. The molecule has 0 saturated heterocycles. The number of carbonyl (C=O) groups is 3. The van der Waals surface area contributed by atoms with E-state index in [0.29, 0.717) is 6.54 Å². The van der Waals surface area contributed by atoms with Crippen LogP contribution in [0.15, 0.2) is 18.2 Å². The van der Waals surface area contributed by atoms with Crippen LogP contribution in [0.3, 0.4) is 0 Å². The van der Waals surface area contributed by atoms with Crippen molar-refractivity contribution in [1.29, 1.82) is 0 Å². The molecule has 24 heavy (non-hydrogen) atoms. The van der Waals surface area contributed by atoms with E-state index in [1.807, 2.05) is 6.92 Å². The van der Waals surface area contributed by atoms with E-state index in [1.165, 1.54) is 6.07 Å². The van der Waals surface area contributed by atoms with Crippen LogP contribution >= 0.6 is 23.2 Å². The lowest BCUT2D eigenvalue weighted by Crippen LogP contribution is -2.45. The second kappa shape index (κ2) is 10.2. The van der Waals surface area contributed by atoms with Crippen LogP contribution in [-0.2, 0) is 9.59 Å². The molecule has 3 amide bonds. The summed E-state index contributed by atoms with van der Waals surface area (Å²) in [6, 6.07) is 3.92. The average molecular weight is 374 g/mol. The molecule has 3 N–H and O–H groups in total. The summed E-state index contributed by atoms with van der Waals surface area (Å²) in [6.07, 6.45) is 1.04. The zero-order valence-electron chi connectivity index (χ0n) is 13.6. The van der Waals surface area contributed by atoms with Crippen molar-refractivity contribution in [3.63, 3.8) is 0 Å². The topological polar surface area (TPSA) is 87.3 Å². The monoisotopic (exact) mass is 373 g/mol. The van der Waals surface area contributed by atoms with Crippen molar-refractivity contribution < 1.29 is 14.4 Å². The van der Waals surface area contributed by atoms with Crippen molar-refractivity contribution in [2.75, 3.05) is 13.1 Å². The SMILES string of the molecule is CCCNC(=O)CCNC(=O)[C@H](C)NC(=O)c1cccc(Cl)c1Cl. The van der Waals surface area contributed by atoms with Crippen molar-refractivity contribution in [2.24, 2.45) is 0 Å². The lowest BCUT2D eigenvalue weighted by atomic mass is 10.2. The second-order valence-corrected chi connectivity index (χ2v) is 5.97. The molecule has 0 radical (unpaired) electrons. The molecule has 0 saturated carbocycles. The fraction of sp³-hybridized carbons (Fsp3) is 0.438. The molecule has 0 aliphatic rings. The Morgan fingerprint density at radius 1 is 1.12 bits per heavy atom. The Morgan fingerprint density at radius 3 is 2.50 bits per heavy atom. The number of hydrogen-bond donors (Lipinski definition) is 3. The number of hydrogen-bond acceptors (Lipinski definition) is 3. The van der Waals surface area contributed by atoms with Crippen LogP contribution in [0.25, 0.3) is 0 Å². The fourth-order valence-electron chi connectivity index (χ4n) is 1.82. The largest absolute Gasteiger partial charge is 0.356 e. The first-order valence-electron chi connectivity index (χ1n) is 7.66. The third-order valence-electron chi connectivity index (χ3n) is 3.16. The minimum Gasteiger partial charge on any atom is -0.356 e. The maximum absolute atomic E-state index is 12.1. The quantitative estimate of drug-likeness (QED) is 0.652. The summed E-state index contributed by atoms with van der Waals surface area (Å²) < 4.78 is 0. The normalized spacial score (nSPS) is 11.5. The van der Waals surface area contributed by atoms with Gasteiger partial charge in [0.15, 0.2) is 0 Å². The molecule has 1 aromatic rings. The molecule has 1 atom stereocenters. The maximum atomic E-state index is 12.1. The van der Waals surface area contributed by atoms with Gasteiger partial charge in [0.2, 0.25) is 11.8 Å².